The number of hydrogen-bond acceptors (Lipinski definition) is 5. The van der Waals surface area contributed by atoms with Crippen LogP contribution in [-0.4, -0.2) is 18.1 Å². The Balaban J connectivity index is 1.68. The highest BCUT2D eigenvalue weighted by molar-refractivity contribution is 7.22. The minimum Gasteiger partial charge on any atom is -0.494 e. The molecule has 0 aliphatic carbocycles. The largest absolute Gasteiger partial charge is 0.494 e. The first kappa shape index (κ1) is 13.4. The van der Waals surface area contributed by atoms with Crippen molar-refractivity contribution < 1.29 is 13.9 Å². The fourth-order valence-electron chi connectivity index (χ4n) is 1.86. The summed E-state index contributed by atoms with van der Waals surface area (Å²) in [6.07, 6.45) is 1.56. The normalized spacial score (nSPS) is 10.5. The predicted molar refractivity (Wildman–Crippen MR) is 80.7 cm³/mol. The molecule has 0 spiro atoms. The summed E-state index contributed by atoms with van der Waals surface area (Å²) in [4.78, 5) is 16.2. The van der Waals surface area contributed by atoms with E-state index >= 15 is 0 Å². The average Bonchev–Trinajstić information content (AvgIpc) is 3.13. The fourth-order valence-corrected chi connectivity index (χ4v) is 2.74. The number of furan rings is 1. The van der Waals surface area contributed by atoms with E-state index in [0.29, 0.717) is 23.2 Å². The zero-order valence-corrected chi connectivity index (χ0v) is 12.1. The van der Waals surface area contributed by atoms with Crippen molar-refractivity contribution in [2.24, 2.45) is 0 Å². The third-order valence-electron chi connectivity index (χ3n) is 2.83. The first-order chi connectivity index (χ1) is 10.3. The third kappa shape index (κ3) is 2.97. The quantitative estimate of drug-likeness (QED) is 0.776. The SMILES string of the molecule is COc1cccc2sc(NC(=O)NCc3ccco3)nc12. The number of methoxy groups -OCH3 is 1. The van der Waals surface area contributed by atoms with E-state index in [-0.39, 0.29) is 6.03 Å². The van der Waals surface area contributed by atoms with Gasteiger partial charge in [-0.3, -0.25) is 5.32 Å². The summed E-state index contributed by atoms with van der Waals surface area (Å²) in [5.74, 6) is 1.38. The maximum atomic E-state index is 11.8. The van der Waals surface area contributed by atoms with Crippen LogP contribution in [-0.2, 0) is 6.54 Å². The predicted octanol–water partition coefficient (Wildman–Crippen LogP) is 3.22. The topological polar surface area (TPSA) is 76.4 Å². The number of carbonyl (C=O) groups excluding carboxylic acids is 1. The van der Waals surface area contributed by atoms with Crippen molar-refractivity contribution in [2.45, 2.75) is 6.54 Å². The number of carbonyl (C=O) groups is 1. The molecule has 0 saturated heterocycles. The number of hydrogen-bond donors (Lipinski definition) is 2. The average molecular weight is 303 g/mol. The van der Waals surface area contributed by atoms with E-state index in [0.717, 1.165) is 10.2 Å². The number of rotatable bonds is 4. The lowest BCUT2D eigenvalue weighted by Gasteiger charge is -2.02. The number of amides is 2. The molecule has 2 amide bonds. The molecule has 7 heteroatoms. The number of benzene rings is 1. The molecule has 3 rings (SSSR count). The van der Waals surface area contributed by atoms with E-state index < -0.39 is 0 Å². The molecule has 2 aromatic heterocycles. The molecule has 0 aliphatic rings. The maximum absolute atomic E-state index is 11.8. The van der Waals surface area contributed by atoms with Crippen molar-refractivity contribution in [3.8, 4) is 5.75 Å². The first-order valence-electron chi connectivity index (χ1n) is 6.27. The van der Waals surface area contributed by atoms with Gasteiger partial charge in [-0.05, 0) is 24.3 Å². The van der Waals surface area contributed by atoms with E-state index in [1.807, 2.05) is 18.2 Å². The maximum Gasteiger partial charge on any atom is 0.321 e. The van der Waals surface area contributed by atoms with Gasteiger partial charge < -0.3 is 14.5 Å². The lowest BCUT2D eigenvalue weighted by Crippen LogP contribution is -2.27. The number of ether oxygens (including phenoxy) is 1. The van der Waals surface area contributed by atoms with Gasteiger partial charge in [-0.1, -0.05) is 17.4 Å². The van der Waals surface area contributed by atoms with Gasteiger partial charge in [0.05, 0.1) is 24.6 Å². The number of nitrogens with one attached hydrogen (secondary N) is 2. The Morgan fingerprint density at radius 2 is 2.29 bits per heavy atom. The van der Waals surface area contributed by atoms with E-state index in [4.69, 9.17) is 9.15 Å². The Hall–Kier alpha value is -2.54. The highest BCUT2D eigenvalue weighted by Gasteiger charge is 2.10. The van der Waals surface area contributed by atoms with Gasteiger partial charge in [0.25, 0.3) is 0 Å². The summed E-state index contributed by atoms with van der Waals surface area (Å²) in [6.45, 7) is 0.326. The molecule has 0 radical (unpaired) electrons. The molecular weight excluding hydrogens is 290 g/mol. The highest BCUT2D eigenvalue weighted by Crippen LogP contribution is 2.31. The van der Waals surface area contributed by atoms with Gasteiger partial charge in [-0.15, -0.1) is 0 Å². The van der Waals surface area contributed by atoms with Crippen molar-refractivity contribution >= 4 is 32.7 Å². The van der Waals surface area contributed by atoms with Gasteiger partial charge in [0.15, 0.2) is 5.13 Å². The van der Waals surface area contributed by atoms with Crippen LogP contribution in [0.1, 0.15) is 5.76 Å². The zero-order valence-electron chi connectivity index (χ0n) is 11.3. The van der Waals surface area contributed by atoms with Gasteiger partial charge >= 0.3 is 6.03 Å². The van der Waals surface area contributed by atoms with Gasteiger partial charge in [0.2, 0.25) is 0 Å². The smallest absolute Gasteiger partial charge is 0.321 e. The van der Waals surface area contributed by atoms with Crippen molar-refractivity contribution in [3.63, 3.8) is 0 Å². The molecule has 1 aromatic carbocycles. The molecule has 0 aliphatic heterocycles. The Morgan fingerprint density at radius 3 is 3.05 bits per heavy atom. The summed E-state index contributed by atoms with van der Waals surface area (Å²) >= 11 is 1.39. The number of para-hydroxylation sites is 1. The number of fused-ring (bicyclic) bond motifs is 1. The number of thiazole rings is 1. The first-order valence-corrected chi connectivity index (χ1v) is 7.08. The van der Waals surface area contributed by atoms with E-state index in [9.17, 15) is 4.79 Å². The second-order valence-electron chi connectivity index (χ2n) is 4.21. The monoisotopic (exact) mass is 303 g/mol. The second kappa shape index (κ2) is 5.84. The number of aromatic nitrogens is 1. The van der Waals surface area contributed by atoms with Crippen LogP contribution in [0, 0.1) is 0 Å². The van der Waals surface area contributed by atoms with Crippen LogP contribution in [0.3, 0.4) is 0 Å². The van der Waals surface area contributed by atoms with Crippen LogP contribution < -0.4 is 15.4 Å². The number of nitrogens with zero attached hydrogens (tertiary/aromatic N) is 1. The van der Waals surface area contributed by atoms with E-state index in [1.165, 1.54) is 11.3 Å². The Labute approximate surface area is 124 Å². The standard InChI is InChI=1S/C14H13N3O3S/c1-19-10-5-2-6-11-12(10)16-14(21-11)17-13(18)15-8-9-4-3-7-20-9/h2-7H,8H2,1H3,(H2,15,16,17,18). The van der Waals surface area contributed by atoms with Gasteiger partial charge in [0, 0.05) is 0 Å². The summed E-state index contributed by atoms with van der Waals surface area (Å²) in [6, 6.07) is 8.89. The molecule has 6 nitrogen and oxygen atoms in total. The lowest BCUT2D eigenvalue weighted by molar-refractivity contribution is 0.251. The highest BCUT2D eigenvalue weighted by atomic mass is 32.1. The third-order valence-corrected chi connectivity index (χ3v) is 3.76. The van der Waals surface area contributed by atoms with Gasteiger partial charge in [-0.2, -0.15) is 0 Å². The molecular formula is C14H13N3O3S. The summed E-state index contributed by atoms with van der Waals surface area (Å²) in [5, 5.41) is 5.92. The van der Waals surface area contributed by atoms with E-state index in [2.05, 4.69) is 15.6 Å². The van der Waals surface area contributed by atoms with Crippen LogP contribution in [0.5, 0.6) is 5.75 Å². The Morgan fingerprint density at radius 1 is 1.38 bits per heavy atom. The van der Waals surface area contributed by atoms with Crippen molar-refractivity contribution in [2.75, 3.05) is 12.4 Å². The van der Waals surface area contributed by atoms with Crippen LogP contribution in [0.25, 0.3) is 10.2 Å². The zero-order chi connectivity index (χ0) is 14.7. The molecule has 0 unspecified atom stereocenters. The van der Waals surface area contributed by atoms with Crippen molar-refractivity contribution in [1.29, 1.82) is 0 Å². The molecule has 0 fully saturated rings. The van der Waals surface area contributed by atoms with Crippen LogP contribution >= 0.6 is 11.3 Å². The summed E-state index contributed by atoms with van der Waals surface area (Å²) < 4.78 is 11.3. The number of urea groups is 1. The van der Waals surface area contributed by atoms with Crippen LogP contribution in [0.15, 0.2) is 41.0 Å². The Bertz CT molecular complexity index is 752. The van der Waals surface area contributed by atoms with Crippen LogP contribution in [0.2, 0.25) is 0 Å². The lowest BCUT2D eigenvalue weighted by atomic mass is 10.3. The second-order valence-corrected chi connectivity index (χ2v) is 5.24. The molecule has 0 bridgehead atoms. The molecule has 0 saturated carbocycles. The Kier molecular flexibility index (Phi) is 3.74. The van der Waals surface area contributed by atoms with Gasteiger partial charge in [0.1, 0.15) is 17.0 Å². The molecule has 108 valence electrons. The summed E-state index contributed by atoms with van der Waals surface area (Å²) in [7, 11) is 1.59. The fraction of sp³-hybridized carbons (Fsp3) is 0.143. The molecule has 3 aromatic rings. The number of anilines is 1. The summed E-state index contributed by atoms with van der Waals surface area (Å²) in [5.41, 5.74) is 0.742. The minimum absolute atomic E-state index is 0.326. The van der Waals surface area contributed by atoms with Crippen molar-refractivity contribution in [3.05, 3.63) is 42.4 Å². The van der Waals surface area contributed by atoms with Crippen LogP contribution in [0.4, 0.5) is 9.93 Å². The molecule has 2 N–H and O–H groups in total. The van der Waals surface area contributed by atoms with E-state index in [1.54, 1.807) is 25.5 Å². The molecule has 2 heterocycles. The molecule has 0 atom stereocenters. The molecule has 21 heavy (non-hydrogen) atoms. The minimum atomic E-state index is -0.329. The van der Waals surface area contributed by atoms with Gasteiger partial charge in [-0.25, -0.2) is 9.78 Å². The van der Waals surface area contributed by atoms with Crippen molar-refractivity contribution in [1.82, 2.24) is 10.3 Å².